The summed E-state index contributed by atoms with van der Waals surface area (Å²) in [5, 5.41) is 6.36. The van der Waals surface area contributed by atoms with Crippen LogP contribution in [0.3, 0.4) is 0 Å². The van der Waals surface area contributed by atoms with Gasteiger partial charge in [0, 0.05) is 26.8 Å². The van der Waals surface area contributed by atoms with Crippen LogP contribution in [0.4, 0.5) is 0 Å². The van der Waals surface area contributed by atoms with Crippen molar-refractivity contribution in [3.63, 3.8) is 0 Å². The Balaban J connectivity index is 2.29. The molecule has 3 rings (SSSR count). The van der Waals surface area contributed by atoms with Gasteiger partial charge in [0.25, 0.3) is 0 Å². The van der Waals surface area contributed by atoms with Gasteiger partial charge in [0.15, 0.2) is 0 Å². The molecule has 0 saturated heterocycles. The third kappa shape index (κ3) is 4.42. The molecule has 2 nitrogen and oxygen atoms in total. The molecule has 1 heterocycles. The van der Waals surface area contributed by atoms with Crippen molar-refractivity contribution in [3.05, 3.63) is 62.3 Å². The molecule has 1 N–H and O–H groups in total. The monoisotopic (exact) mass is 479 g/mol. The van der Waals surface area contributed by atoms with Crippen molar-refractivity contribution in [3.8, 4) is 5.75 Å². The molecular weight excluding hydrogens is 434 g/mol. The Morgan fingerprint density at radius 3 is 1.85 bits per heavy atom. The van der Waals surface area contributed by atoms with E-state index in [4.69, 9.17) is 4.74 Å². The Bertz CT molecular complexity index is 1210. The van der Waals surface area contributed by atoms with E-state index < -0.39 is 5.60 Å². The number of aryl methyl sites for hydroxylation is 3. The van der Waals surface area contributed by atoms with E-state index in [2.05, 4.69) is 126 Å². The fourth-order valence-corrected chi connectivity index (χ4v) is 6.65. The third-order valence-corrected chi connectivity index (χ3v) is 9.95. The van der Waals surface area contributed by atoms with Gasteiger partial charge in [-0.1, -0.05) is 38.1 Å². The summed E-state index contributed by atoms with van der Waals surface area (Å²) in [7, 11) is 0. The van der Waals surface area contributed by atoms with E-state index in [-0.39, 0.29) is 16.5 Å². The largest absolute Gasteiger partial charge is 0.481 e. The lowest BCUT2D eigenvalue weighted by Crippen LogP contribution is -2.65. The van der Waals surface area contributed by atoms with Crippen LogP contribution in [0, 0.1) is 40.0 Å². The second kappa shape index (κ2) is 8.68. The number of thiophene rings is 1. The Labute approximate surface area is 212 Å². The van der Waals surface area contributed by atoms with E-state index in [0.29, 0.717) is 0 Å². The summed E-state index contributed by atoms with van der Waals surface area (Å²) in [4.78, 5) is 2.68. The summed E-state index contributed by atoms with van der Waals surface area (Å²) in [6.07, 6.45) is 0. The average Bonchev–Trinajstić information content (AvgIpc) is 2.96. The molecule has 0 radical (unpaired) electrons. The second-order valence-corrected chi connectivity index (χ2v) is 13.6. The van der Waals surface area contributed by atoms with Crippen LogP contribution < -0.4 is 10.1 Å². The van der Waals surface area contributed by atoms with Crippen LogP contribution in [0.2, 0.25) is 0 Å². The molecule has 1 atom stereocenters. The maximum Gasteiger partial charge on any atom is 0.147 e. The lowest BCUT2D eigenvalue weighted by atomic mass is 9.62. The maximum absolute atomic E-state index is 7.28. The van der Waals surface area contributed by atoms with E-state index in [1.165, 1.54) is 42.8 Å². The third-order valence-electron chi connectivity index (χ3n) is 8.44. The first-order valence-electron chi connectivity index (χ1n) is 12.5. The fraction of sp³-hybridized carbons (Fsp3) is 0.548. The maximum atomic E-state index is 7.28. The second-order valence-electron chi connectivity index (χ2n) is 12.4. The molecule has 0 aliphatic rings. The average molecular weight is 480 g/mol. The molecule has 1 aromatic heterocycles. The minimum absolute atomic E-state index is 0.0217. The number of nitrogens with one attached hydrogen (secondary N) is 1. The number of ether oxygens (including phenoxy) is 1. The van der Waals surface area contributed by atoms with Crippen molar-refractivity contribution >= 4 is 22.1 Å². The fourth-order valence-electron chi connectivity index (χ4n) is 5.24. The Kier molecular flexibility index (Phi) is 6.83. The van der Waals surface area contributed by atoms with Gasteiger partial charge in [-0.15, -0.1) is 11.3 Å². The molecule has 0 amide bonds. The molecule has 0 saturated carbocycles. The number of fused-ring (bicyclic) bond motifs is 1. The highest BCUT2D eigenvalue weighted by molar-refractivity contribution is 7.12. The van der Waals surface area contributed by atoms with Crippen LogP contribution in [-0.2, 0) is 5.60 Å². The molecule has 3 heteroatoms. The summed E-state index contributed by atoms with van der Waals surface area (Å²) < 4.78 is 7.28. The molecule has 2 aromatic carbocycles. The summed E-state index contributed by atoms with van der Waals surface area (Å²) in [5.74, 6) is 0.950. The van der Waals surface area contributed by atoms with Crippen LogP contribution in [0.15, 0.2) is 30.3 Å². The van der Waals surface area contributed by atoms with Crippen LogP contribution in [0.1, 0.15) is 87.4 Å². The van der Waals surface area contributed by atoms with E-state index in [1.807, 2.05) is 11.3 Å². The van der Waals surface area contributed by atoms with Gasteiger partial charge >= 0.3 is 0 Å². The normalized spacial score (nSPS) is 15.0. The molecule has 34 heavy (non-hydrogen) atoms. The molecule has 0 aliphatic carbocycles. The Morgan fingerprint density at radius 2 is 1.32 bits per heavy atom. The summed E-state index contributed by atoms with van der Waals surface area (Å²) >= 11 is 1.89. The minimum Gasteiger partial charge on any atom is -0.481 e. The van der Waals surface area contributed by atoms with Gasteiger partial charge in [0.2, 0.25) is 0 Å². The number of rotatable bonds is 6. The van der Waals surface area contributed by atoms with Crippen LogP contribution >= 0.6 is 11.3 Å². The molecule has 0 spiro atoms. The topological polar surface area (TPSA) is 21.3 Å². The highest BCUT2D eigenvalue weighted by Gasteiger charge is 2.55. The van der Waals surface area contributed by atoms with Crippen molar-refractivity contribution < 1.29 is 4.74 Å². The van der Waals surface area contributed by atoms with Crippen molar-refractivity contribution in [2.45, 2.75) is 107 Å². The SMILES string of the molecule is Cc1ccc2c(O[C@](C)(c3sc(C)c(C)c3C)C(C)(C)C(C)(C)NC(C)(C)C)cccc2c1C. The summed E-state index contributed by atoms with van der Waals surface area (Å²) in [6.45, 7) is 29.5. The summed E-state index contributed by atoms with van der Waals surface area (Å²) in [5.41, 5.74) is 4.29. The van der Waals surface area contributed by atoms with Crippen LogP contribution in [0.5, 0.6) is 5.75 Å². The number of benzene rings is 2. The van der Waals surface area contributed by atoms with E-state index in [9.17, 15) is 0 Å². The van der Waals surface area contributed by atoms with E-state index in [0.717, 1.165) is 5.75 Å². The van der Waals surface area contributed by atoms with Gasteiger partial charge < -0.3 is 10.1 Å². The van der Waals surface area contributed by atoms with E-state index >= 15 is 0 Å². The van der Waals surface area contributed by atoms with Crippen molar-refractivity contribution in [2.75, 3.05) is 0 Å². The molecule has 0 fully saturated rings. The quantitative estimate of drug-likeness (QED) is 0.381. The van der Waals surface area contributed by atoms with Gasteiger partial charge in [-0.05, 0) is 110 Å². The highest BCUT2D eigenvalue weighted by Crippen LogP contribution is 2.54. The molecule has 0 aliphatic heterocycles. The smallest absolute Gasteiger partial charge is 0.147 e. The zero-order valence-corrected chi connectivity index (χ0v) is 24.5. The lowest BCUT2D eigenvalue weighted by molar-refractivity contribution is -0.0827. The standard InChI is InChI=1S/C31H45NOS/c1-19-17-18-25-24(20(19)2)15-14-16-26(25)33-31(13,27-22(4)21(3)23(5)34-27)29(9,10)30(11,12)32-28(6,7)8/h14-18,32H,1-13H3/t31-/m1/s1. The molecule has 0 unspecified atom stereocenters. The zero-order valence-electron chi connectivity index (χ0n) is 23.7. The predicted molar refractivity (Wildman–Crippen MR) is 151 cm³/mol. The molecular formula is C31H45NOS. The van der Waals surface area contributed by atoms with Gasteiger partial charge in [-0.25, -0.2) is 0 Å². The first-order valence-corrected chi connectivity index (χ1v) is 13.3. The molecule has 3 aromatic rings. The van der Waals surface area contributed by atoms with Crippen molar-refractivity contribution in [1.29, 1.82) is 0 Å². The predicted octanol–water partition coefficient (Wildman–Crippen LogP) is 8.93. The Morgan fingerprint density at radius 1 is 0.706 bits per heavy atom. The van der Waals surface area contributed by atoms with Crippen molar-refractivity contribution in [1.82, 2.24) is 5.32 Å². The molecule has 186 valence electrons. The highest BCUT2D eigenvalue weighted by atomic mass is 32.1. The van der Waals surface area contributed by atoms with Gasteiger partial charge in [-0.3, -0.25) is 0 Å². The number of hydrogen-bond donors (Lipinski definition) is 1. The first-order chi connectivity index (χ1) is 15.4. The minimum atomic E-state index is -0.560. The van der Waals surface area contributed by atoms with Gasteiger partial charge in [0.1, 0.15) is 11.4 Å². The van der Waals surface area contributed by atoms with Crippen LogP contribution in [-0.4, -0.2) is 11.1 Å². The first kappa shape index (κ1) is 26.8. The Hall–Kier alpha value is -1.84. The molecule has 0 bridgehead atoms. The van der Waals surface area contributed by atoms with Crippen molar-refractivity contribution in [2.24, 2.45) is 5.41 Å². The number of hydrogen-bond acceptors (Lipinski definition) is 3. The van der Waals surface area contributed by atoms with E-state index in [1.54, 1.807) is 0 Å². The van der Waals surface area contributed by atoms with Gasteiger partial charge in [-0.2, -0.15) is 0 Å². The van der Waals surface area contributed by atoms with Gasteiger partial charge in [0.05, 0.1) is 4.88 Å². The zero-order chi connectivity index (χ0) is 25.9. The van der Waals surface area contributed by atoms with Crippen LogP contribution in [0.25, 0.3) is 10.8 Å². The lowest BCUT2D eigenvalue weighted by Gasteiger charge is -2.55. The summed E-state index contributed by atoms with van der Waals surface area (Å²) in [6, 6.07) is 10.9.